The first-order valence-electron chi connectivity index (χ1n) is 27.0. The van der Waals surface area contributed by atoms with Crippen molar-refractivity contribution in [3.05, 3.63) is 83.2 Å². The molecule has 4 aromatic heterocycles. The number of halogens is 1. The molecule has 4 aliphatic heterocycles. The highest BCUT2D eigenvalue weighted by Gasteiger charge is 2.43. The maximum absolute atomic E-state index is 14.4. The van der Waals surface area contributed by atoms with E-state index >= 15 is 0 Å². The van der Waals surface area contributed by atoms with Gasteiger partial charge in [-0.25, -0.2) is 19.6 Å². The second-order valence-corrected chi connectivity index (χ2v) is 23.0. The molecule has 20 nitrogen and oxygen atoms in total. The van der Waals surface area contributed by atoms with Crippen molar-refractivity contribution >= 4 is 52.7 Å². The van der Waals surface area contributed by atoms with Crippen molar-refractivity contribution in [2.75, 3.05) is 81.8 Å². The van der Waals surface area contributed by atoms with Crippen LogP contribution in [0.15, 0.2) is 71.1 Å². The maximum atomic E-state index is 14.4. The second-order valence-electron chi connectivity index (χ2n) is 21.5. The molecule has 3 amide bonds. The number of anilines is 2. The molecule has 4 atom stereocenters. The van der Waals surface area contributed by atoms with Crippen LogP contribution in [0, 0.1) is 24.2 Å². The van der Waals surface area contributed by atoms with Gasteiger partial charge in [0.1, 0.15) is 28.6 Å². The molecule has 0 unspecified atom stereocenters. The smallest absolute Gasteiger partial charge is 0.248 e. The summed E-state index contributed by atoms with van der Waals surface area (Å²) in [7, 11) is 0. The number of pyridine rings is 1. The minimum Gasteiger partial charge on any atom is -0.391 e. The number of nitrogens with two attached hydrogens (primary N) is 1. The van der Waals surface area contributed by atoms with Crippen LogP contribution in [0.2, 0.25) is 5.02 Å². The lowest BCUT2D eigenvalue weighted by molar-refractivity contribution is -0.142. The van der Waals surface area contributed by atoms with Gasteiger partial charge in [-0.2, -0.15) is 5.10 Å². The molecule has 0 radical (unpaired) electrons. The number of hydrogen-bond acceptors (Lipinski definition) is 16. The van der Waals surface area contributed by atoms with Gasteiger partial charge in [-0.3, -0.25) is 24.0 Å². The highest BCUT2D eigenvalue weighted by Crippen LogP contribution is 2.40. The Labute approximate surface area is 454 Å². The largest absolute Gasteiger partial charge is 0.391 e. The summed E-state index contributed by atoms with van der Waals surface area (Å²) < 4.78 is 3.50. The lowest BCUT2D eigenvalue weighted by Crippen LogP contribution is -2.52. The monoisotopic (exact) mass is 1080 g/mol. The Morgan fingerprint density at radius 1 is 0.947 bits per heavy atom. The summed E-state index contributed by atoms with van der Waals surface area (Å²) in [5, 5.41) is 38.4. The number of carbonyl (C=O) groups excluding carboxylic acids is 3. The zero-order valence-corrected chi connectivity index (χ0v) is 46.0. The van der Waals surface area contributed by atoms with Crippen LogP contribution >= 0.6 is 23.4 Å². The van der Waals surface area contributed by atoms with Gasteiger partial charge in [-0.05, 0) is 87.1 Å². The quantitative estimate of drug-likeness (QED) is 0.0906. The number of piperidine rings is 2. The lowest BCUT2D eigenvalue weighted by atomic mass is 9.80. The number of aliphatic hydroxyl groups excluding tert-OH is 2. The van der Waals surface area contributed by atoms with E-state index in [1.54, 1.807) is 29.5 Å². The van der Waals surface area contributed by atoms with Crippen LogP contribution in [0.4, 0.5) is 11.6 Å². The van der Waals surface area contributed by atoms with Crippen LogP contribution in [0.3, 0.4) is 0 Å². The third kappa shape index (κ3) is 12.3. The minimum absolute atomic E-state index is 0.0510. The zero-order valence-electron chi connectivity index (χ0n) is 44.5. The molecule has 4 aliphatic rings. The number of benzene rings is 1. The van der Waals surface area contributed by atoms with E-state index < -0.39 is 24.2 Å². The van der Waals surface area contributed by atoms with Gasteiger partial charge in [0.2, 0.25) is 17.7 Å². The normalized spacial score (nSPS) is 20.3. The summed E-state index contributed by atoms with van der Waals surface area (Å²) in [6, 6.07) is 10.1. The highest BCUT2D eigenvalue weighted by molar-refractivity contribution is 7.99. The number of carbonyl (C=O) groups is 3. The summed E-state index contributed by atoms with van der Waals surface area (Å²) in [5.41, 5.74) is 10.3. The first kappa shape index (κ1) is 55.1. The Hall–Kier alpha value is -5.71. The molecule has 1 aromatic carbocycles. The predicted molar refractivity (Wildman–Crippen MR) is 291 cm³/mol. The Morgan fingerprint density at radius 3 is 2.33 bits per heavy atom. The molecule has 0 bridgehead atoms. The van der Waals surface area contributed by atoms with Crippen LogP contribution in [0.5, 0.6) is 0 Å². The molecule has 408 valence electrons. The molecule has 0 aliphatic carbocycles. The van der Waals surface area contributed by atoms with Crippen LogP contribution in [-0.2, 0) is 27.5 Å². The standard InChI is InChI=1S/C54H74ClN15O5S/c1-6-69-43(11-19-59-69)38-9-7-37(8-10-38)41(61-51(73)44-29-40(72)32-68(44)53(75)48(35(2)3)70-31-36(4)62-63-70)15-20-64-25-27-67(28-26-64)52(74)39-13-21-65(22-14-39)50-47(55)45(12-18-57-50)76-46-30-58-49(42(33-71)60-46)66-23-16-54(5,34-56)17-24-66/h7-12,18-19,30-31,35,39-41,44,48,71-72H,6,13-17,20-29,32-34,56H2,1-5H3,(H,61,73)/t40-,41+,44+,48+/m1/s1. The molecule has 9 rings (SSSR count). The average Bonchev–Trinajstić information content (AvgIpc) is 4.21. The van der Waals surface area contributed by atoms with Gasteiger partial charge in [0.05, 0.1) is 41.4 Å². The fourth-order valence-corrected chi connectivity index (χ4v) is 12.3. The van der Waals surface area contributed by atoms with Crippen molar-refractivity contribution in [3.63, 3.8) is 0 Å². The SMILES string of the molecule is CCn1nccc1-c1ccc([C@H](CCN2CCN(C(=O)C3CCN(c4nccc(Sc5cnc(N6CCC(C)(CN)CC6)c(CO)n5)c4Cl)CC3)CC2)NC(=O)[C@@H]2C[C@@H](O)CN2C(=O)[C@H](C(C)C)n2cc(C)nn2)cc1. The molecule has 76 heavy (non-hydrogen) atoms. The summed E-state index contributed by atoms with van der Waals surface area (Å²) >= 11 is 8.44. The summed E-state index contributed by atoms with van der Waals surface area (Å²) in [6.07, 6.45) is 10.2. The van der Waals surface area contributed by atoms with Gasteiger partial charge in [0.15, 0.2) is 5.82 Å². The third-order valence-corrected chi connectivity index (χ3v) is 17.4. The highest BCUT2D eigenvalue weighted by atomic mass is 35.5. The van der Waals surface area contributed by atoms with E-state index in [9.17, 15) is 24.6 Å². The Morgan fingerprint density at radius 2 is 1.67 bits per heavy atom. The van der Waals surface area contributed by atoms with Gasteiger partial charge in [-0.15, -0.1) is 5.10 Å². The van der Waals surface area contributed by atoms with Gasteiger partial charge in [-0.1, -0.05) is 73.6 Å². The van der Waals surface area contributed by atoms with Crippen LogP contribution < -0.4 is 20.9 Å². The topological polar surface area (TPSA) is 233 Å². The first-order valence-corrected chi connectivity index (χ1v) is 28.1. The summed E-state index contributed by atoms with van der Waals surface area (Å²) in [5.74, 6) is 0.716. The van der Waals surface area contributed by atoms with Gasteiger partial charge in [0, 0.05) is 108 Å². The number of nitrogens with zero attached hydrogens (tertiary/aromatic N) is 13. The third-order valence-electron chi connectivity index (χ3n) is 15.9. The van der Waals surface area contributed by atoms with Crippen LogP contribution in [0.1, 0.15) is 95.3 Å². The van der Waals surface area contributed by atoms with Gasteiger partial charge < -0.3 is 40.9 Å². The maximum Gasteiger partial charge on any atom is 0.248 e. The molecule has 5 N–H and O–H groups in total. The summed E-state index contributed by atoms with van der Waals surface area (Å²) in [4.78, 5) is 67.9. The molecule has 0 spiro atoms. The number of aliphatic hydroxyl groups is 2. The summed E-state index contributed by atoms with van der Waals surface area (Å²) in [6.45, 7) is 17.3. The Bertz CT molecular complexity index is 2790. The van der Waals surface area contributed by atoms with E-state index in [-0.39, 0.29) is 54.5 Å². The van der Waals surface area contributed by atoms with E-state index in [4.69, 9.17) is 27.3 Å². The number of hydrogen-bond donors (Lipinski definition) is 4. The average molecular weight is 1080 g/mol. The molecule has 0 saturated carbocycles. The van der Waals surface area contributed by atoms with Crippen LogP contribution in [-0.4, -0.2) is 166 Å². The fourth-order valence-electron chi connectivity index (χ4n) is 11.2. The van der Waals surface area contributed by atoms with Crippen molar-refractivity contribution in [2.24, 2.45) is 23.0 Å². The molecule has 8 heterocycles. The molecule has 5 aromatic rings. The molecule has 22 heteroatoms. The van der Waals surface area contributed by atoms with Crippen molar-refractivity contribution < 1.29 is 24.6 Å². The zero-order chi connectivity index (χ0) is 53.7. The van der Waals surface area contributed by atoms with E-state index in [1.807, 2.05) is 54.6 Å². The second kappa shape index (κ2) is 24.3. The molecular weight excluding hydrogens is 1010 g/mol. The number of likely N-dealkylation sites (tertiary alicyclic amines) is 1. The van der Waals surface area contributed by atoms with Crippen LogP contribution in [0.25, 0.3) is 11.3 Å². The Kier molecular flexibility index (Phi) is 17.6. The predicted octanol–water partition coefficient (Wildman–Crippen LogP) is 4.98. The number of aryl methyl sites for hydroxylation is 2. The number of nitrogens with one attached hydrogen (secondary N) is 1. The number of aromatic nitrogens is 8. The number of piperazine rings is 1. The number of amides is 3. The van der Waals surface area contributed by atoms with E-state index in [0.717, 1.165) is 54.2 Å². The fraction of sp³-hybridized carbons (Fsp3) is 0.574. The van der Waals surface area contributed by atoms with E-state index in [1.165, 1.54) is 16.7 Å². The van der Waals surface area contributed by atoms with Gasteiger partial charge >= 0.3 is 0 Å². The number of β-amino-alcohol motifs (C(OH)–C–C–N with tert-alkyl or cyclic N) is 1. The number of rotatable bonds is 18. The Balaban J connectivity index is 0.797. The molecule has 4 saturated heterocycles. The van der Waals surface area contributed by atoms with Crippen molar-refractivity contribution in [2.45, 2.75) is 120 Å². The molecular formula is C54H74ClN15O5S. The first-order chi connectivity index (χ1) is 36.6. The van der Waals surface area contributed by atoms with Crippen molar-refractivity contribution in [1.29, 1.82) is 0 Å². The lowest BCUT2D eigenvalue weighted by Gasteiger charge is -2.39. The molecule has 4 fully saturated rings. The van der Waals surface area contributed by atoms with Crippen molar-refractivity contribution in [3.8, 4) is 11.3 Å². The van der Waals surface area contributed by atoms with E-state index in [0.29, 0.717) is 105 Å². The van der Waals surface area contributed by atoms with Gasteiger partial charge in [0.25, 0.3) is 0 Å². The van der Waals surface area contributed by atoms with Crippen molar-refractivity contribution in [1.82, 2.24) is 59.7 Å². The van der Waals surface area contributed by atoms with E-state index in [2.05, 4.69) is 66.4 Å². The minimum atomic E-state index is -0.863.